The summed E-state index contributed by atoms with van der Waals surface area (Å²) in [5.74, 6) is 0.820. The van der Waals surface area contributed by atoms with Gasteiger partial charge in [0.1, 0.15) is 5.82 Å². The van der Waals surface area contributed by atoms with Crippen LogP contribution in [-0.4, -0.2) is 15.5 Å². The predicted octanol–water partition coefficient (Wildman–Crippen LogP) is 2.69. The summed E-state index contributed by atoms with van der Waals surface area (Å²) in [5.41, 5.74) is 1.80. The van der Waals surface area contributed by atoms with Crippen molar-refractivity contribution in [1.82, 2.24) is 9.55 Å². The highest BCUT2D eigenvalue weighted by Crippen LogP contribution is 2.20. The molecule has 18 heavy (non-hydrogen) atoms. The van der Waals surface area contributed by atoms with E-state index in [4.69, 9.17) is 0 Å². The number of carbonyl (C=O) groups is 1. The average Bonchev–Trinajstić information content (AvgIpc) is 2.78. The molecule has 0 radical (unpaired) electrons. The van der Waals surface area contributed by atoms with E-state index >= 15 is 0 Å². The molecule has 4 nitrogen and oxygen atoms in total. The lowest BCUT2D eigenvalue weighted by molar-refractivity contribution is -0.114. The van der Waals surface area contributed by atoms with E-state index in [0.29, 0.717) is 0 Å². The van der Waals surface area contributed by atoms with Crippen LogP contribution in [0.2, 0.25) is 0 Å². The summed E-state index contributed by atoms with van der Waals surface area (Å²) in [6, 6.07) is 7.60. The zero-order chi connectivity index (χ0) is 13.0. The van der Waals surface area contributed by atoms with Crippen molar-refractivity contribution in [2.75, 3.05) is 5.32 Å². The summed E-state index contributed by atoms with van der Waals surface area (Å²) in [4.78, 5) is 15.3. The number of allylic oxidation sites excluding steroid dienone is 1. The van der Waals surface area contributed by atoms with Crippen molar-refractivity contribution < 1.29 is 4.79 Å². The second-order valence-electron chi connectivity index (χ2n) is 3.95. The van der Waals surface area contributed by atoms with Gasteiger partial charge in [-0.05, 0) is 24.3 Å². The third kappa shape index (κ3) is 2.66. The fourth-order valence-electron chi connectivity index (χ4n) is 1.76. The molecule has 0 bridgehead atoms. The standard InChI is InChI=1S/C14H15N3O/c1-3-9-17-10-8-15-14(17)12-4-6-13(7-5-12)16-11(2)18/h3-8,10H,1,9H2,2H3,(H,16,18). The Morgan fingerprint density at radius 2 is 2.17 bits per heavy atom. The number of hydrogen-bond acceptors (Lipinski definition) is 2. The second-order valence-corrected chi connectivity index (χ2v) is 3.95. The zero-order valence-electron chi connectivity index (χ0n) is 10.3. The quantitative estimate of drug-likeness (QED) is 0.836. The Labute approximate surface area is 106 Å². The molecule has 2 rings (SSSR count). The molecule has 4 heteroatoms. The minimum absolute atomic E-state index is 0.0732. The number of carbonyl (C=O) groups excluding carboxylic acids is 1. The first-order valence-corrected chi connectivity index (χ1v) is 5.71. The highest BCUT2D eigenvalue weighted by Gasteiger charge is 2.04. The molecule has 1 aromatic carbocycles. The number of nitrogens with zero attached hydrogens (tertiary/aromatic N) is 2. The monoisotopic (exact) mass is 241 g/mol. The summed E-state index contributed by atoms with van der Waals surface area (Å²) < 4.78 is 2.01. The first-order chi connectivity index (χ1) is 8.70. The van der Waals surface area contributed by atoms with Gasteiger partial charge >= 0.3 is 0 Å². The minimum atomic E-state index is -0.0732. The highest BCUT2D eigenvalue weighted by molar-refractivity contribution is 5.88. The van der Waals surface area contributed by atoms with Gasteiger partial charge in [-0.15, -0.1) is 6.58 Å². The van der Waals surface area contributed by atoms with Gasteiger partial charge in [0.2, 0.25) is 5.91 Å². The molecule has 1 heterocycles. The highest BCUT2D eigenvalue weighted by atomic mass is 16.1. The van der Waals surface area contributed by atoms with Gasteiger partial charge in [0, 0.05) is 37.1 Å². The van der Waals surface area contributed by atoms with Crippen molar-refractivity contribution in [3.8, 4) is 11.4 Å². The first-order valence-electron chi connectivity index (χ1n) is 5.71. The number of amides is 1. The average molecular weight is 241 g/mol. The molecule has 0 fully saturated rings. The zero-order valence-corrected chi connectivity index (χ0v) is 10.3. The SMILES string of the molecule is C=CCn1ccnc1-c1ccc(NC(C)=O)cc1. The van der Waals surface area contributed by atoms with Crippen LogP contribution in [0.5, 0.6) is 0 Å². The van der Waals surface area contributed by atoms with Crippen molar-refractivity contribution in [1.29, 1.82) is 0 Å². The number of aromatic nitrogens is 2. The first kappa shape index (κ1) is 12.1. The van der Waals surface area contributed by atoms with E-state index in [-0.39, 0.29) is 5.91 Å². The summed E-state index contributed by atoms with van der Waals surface area (Å²) in [6.45, 7) is 5.94. The number of anilines is 1. The van der Waals surface area contributed by atoms with Gasteiger partial charge in [-0.2, -0.15) is 0 Å². The molecule has 2 aromatic rings. The molecular weight excluding hydrogens is 226 g/mol. The Morgan fingerprint density at radius 1 is 1.44 bits per heavy atom. The Bertz CT molecular complexity index is 555. The lowest BCUT2D eigenvalue weighted by Crippen LogP contribution is -2.05. The number of hydrogen-bond donors (Lipinski definition) is 1. The third-order valence-electron chi connectivity index (χ3n) is 2.50. The topological polar surface area (TPSA) is 46.9 Å². The summed E-state index contributed by atoms with van der Waals surface area (Å²) in [7, 11) is 0. The van der Waals surface area contributed by atoms with Crippen LogP contribution in [-0.2, 0) is 11.3 Å². The van der Waals surface area contributed by atoms with Crippen LogP contribution in [0.15, 0.2) is 49.3 Å². The largest absolute Gasteiger partial charge is 0.327 e. The molecule has 0 spiro atoms. The van der Waals surface area contributed by atoms with E-state index in [9.17, 15) is 4.79 Å². The maximum Gasteiger partial charge on any atom is 0.221 e. The summed E-state index contributed by atoms with van der Waals surface area (Å²) in [6.07, 6.45) is 5.51. The Balaban J connectivity index is 2.25. The van der Waals surface area contributed by atoms with Crippen LogP contribution in [0.1, 0.15) is 6.92 Å². The molecule has 0 aliphatic rings. The smallest absolute Gasteiger partial charge is 0.221 e. The van der Waals surface area contributed by atoms with Gasteiger partial charge in [-0.1, -0.05) is 6.08 Å². The normalized spacial score (nSPS) is 10.1. The summed E-state index contributed by atoms with van der Waals surface area (Å²) >= 11 is 0. The van der Waals surface area contributed by atoms with Crippen molar-refractivity contribution in [2.45, 2.75) is 13.5 Å². The van der Waals surface area contributed by atoms with Gasteiger partial charge in [0.25, 0.3) is 0 Å². The molecule has 0 saturated heterocycles. The lowest BCUT2D eigenvalue weighted by atomic mass is 10.2. The predicted molar refractivity (Wildman–Crippen MR) is 72.2 cm³/mol. The van der Waals surface area contributed by atoms with Crippen LogP contribution in [0, 0.1) is 0 Å². The third-order valence-corrected chi connectivity index (χ3v) is 2.50. The minimum Gasteiger partial charge on any atom is -0.327 e. The number of imidazole rings is 1. The van der Waals surface area contributed by atoms with E-state index in [1.54, 1.807) is 6.20 Å². The van der Waals surface area contributed by atoms with Crippen molar-refractivity contribution in [3.63, 3.8) is 0 Å². The van der Waals surface area contributed by atoms with Gasteiger partial charge in [0.15, 0.2) is 0 Å². The number of rotatable bonds is 4. The molecule has 0 aliphatic heterocycles. The van der Waals surface area contributed by atoms with E-state index < -0.39 is 0 Å². The van der Waals surface area contributed by atoms with Crippen LogP contribution in [0.3, 0.4) is 0 Å². The molecule has 0 saturated carbocycles. The van der Waals surface area contributed by atoms with E-state index in [1.165, 1.54) is 6.92 Å². The number of nitrogens with one attached hydrogen (secondary N) is 1. The van der Waals surface area contributed by atoms with Gasteiger partial charge in [-0.3, -0.25) is 4.79 Å². The molecule has 1 amide bonds. The maximum absolute atomic E-state index is 10.9. The fourth-order valence-corrected chi connectivity index (χ4v) is 1.76. The molecule has 0 unspecified atom stereocenters. The molecular formula is C14H15N3O. The van der Waals surface area contributed by atoms with Crippen molar-refractivity contribution in [3.05, 3.63) is 49.3 Å². The van der Waals surface area contributed by atoms with E-state index in [2.05, 4.69) is 16.9 Å². The van der Waals surface area contributed by atoms with Crippen molar-refractivity contribution in [2.24, 2.45) is 0 Å². The molecule has 92 valence electrons. The lowest BCUT2D eigenvalue weighted by Gasteiger charge is -2.06. The van der Waals surface area contributed by atoms with E-state index in [1.807, 2.05) is 41.1 Å². The Morgan fingerprint density at radius 3 is 2.78 bits per heavy atom. The van der Waals surface area contributed by atoms with Gasteiger partial charge in [-0.25, -0.2) is 4.98 Å². The van der Waals surface area contributed by atoms with Crippen LogP contribution >= 0.6 is 0 Å². The molecule has 1 aromatic heterocycles. The summed E-state index contributed by atoms with van der Waals surface area (Å²) in [5, 5.41) is 2.73. The Hall–Kier alpha value is -2.36. The fraction of sp³-hybridized carbons (Fsp3) is 0.143. The van der Waals surface area contributed by atoms with Crippen LogP contribution in [0.25, 0.3) is 11.4 Å². The van der Waals surface area contributed by atoms with Gasteiger partial charge in [0.05, 0.1) is 0 Å². The van der Waals surface area contributed by atoms with Crippen LogP contribution in [0.4, 0.5) is 5.69 Å². The van der Waals surface area contributed by atoms with Crippen molar-refractivity contribution >= 4 is 11.6 Å². The molecule has 0 atom stereocenters. The van der Waals surface area contributed by atoms with Crippen LogP contribution < -0.4 is 5.32 Å². The second kappa shape index (κ2) is 5.31. The molecule has 0 aliphatic carbocycles. The van der Waals surface area contributed by atoms with Gasteiger partial charge < -0.3 is 9.88 Å². The maximum atomic E-state index is 10.9. The van der Waals surface area contributed by atoms with E-state index in [0.717, 1.165) is 23.6 Å². The Kier molecular flexibility index (Phi) is 3.57. The number of benzene rings is 1. The molecule has 1 N–H and O–H groups in total.